The quantitative estimate of drug-likeness (QED) is 0.736. The van der Waals surface area contributed by atoms with Crippen LogP contribution in [0.25, 0.3) is 11.4 Å². The van der Waals surface area contributed by atoms with Crippen LogP contribution in [0.3, 0.4) is 0 Å². The molecule has 4 rings (SSSR count). The van der Waals surface area contributed by atoms with Crippen LogP contribution in [0.4, 0.5) is 5.82 Å². The molecule has 0 spiro atoms. The van der Waals surface area contributed by atoms with Crippen LogP contribution >= 0.6 is 0 Å². The van der Waals surface area contributed by atoms with Gasteiger partial charge in [-0.05, 0) is 37.9 Å². The Balaban J connectivity index is 1.29. The van der Waals surface area contributed by atoms with Gasteiger partial charge in [0.2, 0.25) is 11.7 Å². The van der Waals surface area contributed by atoms with Crippen LogP contribution < -0.4 is 5.32 Å². The van der Waals surface area contributed by atoms with Gasteiger partial charge in [0.25, 0.3) is 0 Å². The lowest BCUT2D eigenvalue weighted by Gasteiger charge is -2.14. The van der Waals surface area contributed by atoms with E-state index in [0.29, 0.717) is 24.2 Å². The molecule has 1 saturated heterocycles. The molecule has 134 valence electrons. The number of hydrogen-bond donors (Lipinski definition) is 1. The van der Waals surface area contributed by atoms with E-state index in [1.54, 1.807) is 0 Å². The number of aryl methyl sites for hydroxylation is 1. The van der Waals surface area contributed by atoms with E-state index in [4.69, 9.17) is 4.52 Å². The van der Waals surface area contributed by atoms with E-state index in [2.05, 4.69) is 44.4 Å². The third kappa shape index (κ3) is 4.08. The Morgan fingerprint density at radius 2 is 2.08 bits per heavy atom. The van der Waals surface area contributed by atoms with Crippen molar-refractivity contribution < 1.29 is 4.52 Å². The molecule has 1 atom stereocenters. The predicted octanol–water partition coefficient (Wildman–Crippen LogP) is 3.37. The Morgan fingerprint density at radius 1 is 1.19 bits per heavy atom. The number of rotatable bonds is 6. The SMILES string of the molecule is Cc1ccc(-c2noc(CN3CC[C@@H](CNc4ccccn4)C3)n2)cc1. The lowest BCUT2D eigenvalue weighted by molar-refractivity contribution is 0.261. The standard InChI is InChI=1S/C20H23N5O/c1-15-5-7-17(8-6-15)20-23-19(26-24-20)14-25-11-9-16(13-25)12-22-18-4-2-3-10-21-18/h2-8,10,16H,9,11-14H2,1H3,(H,21,22)/t16-/m0/s1. The first-order chi connectivity index (χ1) is 12.8. The second kappa shape index (κ2) is 7.66. The molecule has 0 amide bonds. The fourth-order valence-electron chi connectivity index (χ4n) is 3.27. The van der Waals surface area contributed by atoms with Crippen molar-refractivity contribution in [2.45, 2.75) is 19.9 Å². The van der Waals surface area contributed by atoms with Crippen molar-refractivity contribution in [3.63, 3.8) is 0 Å². The summed E-state index contributed by atoms with van der Waals surface area (Å²) in [6, 6.07) is 14.1. The second-order valence-electron chi connectivity index (χ2n) is 6.86. The highest BCUT2D eigenvalue weighted by molar-refractivity contribution is 5.54. The van der Waals surface area contributed by atoms with Gasteiger partial charge in [-0.25, -0.2) is 4.98 Å². The summed E-state index contributed by atoms with van der Waals surface area (Å²) in [6.45, 7) is 5.79. The van der Waals surface area contributed by atoms with Crippen molar-refractivity contribution in [2.24, 2.45) is 5.92 Å². The lowest BCUT2D eigenvalue weighted by atomic mass is 10.1. The van der Waals surface area contributed by atoms with Crippen LogP contribution in [-0.4, -0.2) is 39.7 Å². The van der Waals surface area contributed by atoms with Gasteiger partial charge in [-0.2, -0.15) is 4.98 Å². The normalized spacial score (nSPS) is 17.5. The van der Waals surface area contributed by atoms with Crippen LogP contribution in [0.2, 0.25) is 0 Å². The molecule has 3 aromatic rings. The van der Waals surface area contributed by atoms with Crippen LogP contribution in [0, 0.1) is 12.8 Å². The zero-order valence-electron chi connectivity index (χ0n) is 14.9. The number of nitrogens with one attached hydrogen (secondary N) is 1. The number of aromatic nitrogens is 3. The Labute approximate surface area is 153 Å². The Bertz CT molecular complexity index is 831. The summed E-state index contributed by atoms with van der Waals surface area (Å²) in [6.07, 6.45) is 2.98. The summed E-state index contributed by atoms with van der Waals surface area (Å²) in [5.74, 6) is 2.88. The summed E-state index contributed by atoms with van der Waals surface area (Å²) >= 11 is 0. The van der Waals surface area contributed by atoms with Gasteiger partial charge < -0.3 is 9.84 Å². The first-order valence-corrected chi connectivity index (χ1v) is 9.03. The average Bonchev–Trinajstić information content (AvgIpc) is 3.32. The van der Waals surface area contributed by atoms with Crippen LogP contribution in [-0.2, 0) is 6.54 Å². The molecular formula is C20H23N5O. The Hall–Kier alpha value is -2.73. The molecule has 1 aliphatic rings. The minimum Gasteiger partial charge on any atom is -0.370 e. The van der Waals surface area contributed by atoms with Gasteiger partial charge in [-0.1, -0.05) is 41.1 Å². The Morgan fingerprint density at radius 3 is 2.88 bits per heavy atom. The molecule has 0 saturated carbocycles. The maximum atomic E-state index is 5.45. The van der Waals surface area contributed by atoms with E-state index in [-0.39, 0.29) is 0 Å². The third-order valence-corrected chi connectivity index (χ3v) is 4.74. The lowest BCUT2D eigenvalue weighted by Crippen LogP contribution is -2.23. The second-order valence-corrected chi connectivity index (χ2v) is 6.86. The van der Waals surface area contributed by atoms with Gasteiger partial charge in [0.15, 0.2) is 0 Å². The molecule has 0 aliphatic carbocycles. The van der Waals surface area contributed by atoms with Gasteiger partial charge in [0.1, 0.15) is 5.82 Å². The summed E-state index contributed by atoms with van der Waals surface area (Å²) < 4.78 is 5.45. The fourth-order valence-corrected chi connectivity index (χ4v) is 3.27. The molecule has 1 fully saturated rings. The highest BCUT2D eigenvalue weighted by atomic mass is 16.5. The number of likely N-dealkylation sites (tertiary alicyclic amines) is 1. The van der Waals surface area contributed by atoms with Crippen molar-refractivity contribution in [2.75, 3.05) is 25.0 Å². The molecule has 0 bridgehead atoms. The fraction of sp³-hybridized carbons (Fsp3) is 0.350. The van der Waals surface area contributed by atoms with Crippen LogP contribution in [0.5, 0.6) is 0 Å². The first kappa shape index (κ1) is 16.7. The molecular weight excluding hydrogens is 326 g/mol. The Kier molecular flexibility index (Phi) is 4.93. The average molecular weight is 349 g/mol. The minimum absolute atomic E-state index is 0.608. The number of anilines is 1. The van der Waals surface area contributed by atoms with Gasteiger partial charge >= 0.3 is 0 Å². The van der Waals surface area contributed by atoms with Crippen molar-refractivity contribution in [3.05, 3.63) is 60.1 Å². The largest absolute Gasteiger partial charge is 0.370 e. The van der Waals surface area contributed by atoms with E-state index in [1.165, 1.54) is 12.0 Å². The van der Waals surface area contributed by atoms with Crippen molar-refractivity contribution >= 4 is 5.82 Å². The van der Waals surface area contributed by atoms with E-state index in [9.17, 15) is 0 Å². The molecule has 6 heteroatoms. The van der Waals surface area contributed by atoms with Gasteiger partial charge in [-0.15, -0.1) is 0 Å². The van der Waals surface area contributed by atoms with Crippen LogP contribution in [0.1, 0.15) is 17.9 Å². The van der Waals surface area contributed by atoms with Gasteiger partial charge in [0, 0.05) is 24.8 Å². The van der Waals surface area contributed by atoms with Crippen molar-refractivity contribution in [3.8, 4) is 11.4 Å². The van der Waals surface area contributed by atoms with E-state index in [0.717, 1.165) is 31.0 Å². The smallest absolute Gasteiger partial charge is 0.241 e. The first-order valence-electron chi connectivity index (χ1n) is 9.03. The van der Waals surface area contributed by atoms with E-state index < -0.39 is 0 Å². The molecule has 0 unspecified atom stereocenters. The van der Waals surface area contributed by atoms with E-state index >= 15 is 0 Å². The third-order valence-electron chi connectivity index (χ3n) is 4.74. The maximum Gasteiger partial charge on any atom is 0.241 e. The van der Waals surface area contributed by atoms with Gasteiger partial charge in [-0.3, -0.25) is 4.90 Å². The summed E-state index contributed by atoms with van der Waals surface area (Å²) in [7, 11) is 0. The summed E-state index contributed by atoms with van der Waals surface area (Å²) in [5, 5.41) is 7.53. The van der Waals surface area contributed by atoms with Crippen molar-refractivity contribution in [1.29, 1.82) is 0 Å². The number of benzene rings is 1. The molecule has 1 aliphatic heterocycles. The number of hydrogen-bond acceptors (Lipinski definition) is 6. The number of pyridine rings is 1. The highest BCUT2D eigenvalue weighted by Crippen LogP contribution is 2.21. The van der Waals surface area contributed by atoms with Crippen molar-refractivity contribution in [1.82, 2.24) is 20.0 Å². The predicted molar refractivity (Wildman–Crippen MR) is 101 cm³/mol. The summed E-state index contributed by atoms with van der Waals surface area (Å²) in [4.78, 5) is 11.2. The zero-order valence-corrected chi connectivity index (χ0v) is 14.9. The van der Waals surface area contributed by atoms with E-state index in [1.807, 2.05) is 36.5 Å². The van der Waals surface area contributed by atoms with Gasteiger partial charge in [0.05, 0.1) is 6.54 Å². The molecule has 3 heterocycles. The molecule has 1 N–H and O–H groups in total. The molecule has 1 aromatic carbocycles. The zero-order chi connectivity index (χ0) is 17.8. The topological polar surface area (TPSA) is 67.1 Å². The summed E-state index contributed by atoms with van der Waals surface area (Å²) in [5.41, 5.74) is 2.21. The molecule has 26 heavy (non-hydrogen) atoms. The molecule has 2 aromatic heterocycles. The number of nitrogens with zero attached hydrogens (tertiary/aromatic N) is 4. The maximum absolute atomic E-state index is 5.45. The molecule has 0 radical (unpaired) electrons. The monoisotopic (exact) mass is 349 g/mol. The molecule has 6 nitrogen and oxygen atoms in total. The minimum atomic E-state index is 0.608. The highest BCUT2D eigenvalue weighted by Gasteiger charge is 2.24. The van der Waals surface area contributed by atoms with Crippen LogP contribution in [0.15, 0.2) is 53.2 Å².